The highest BCUT2D eigenvalue weighted by Crippen LogP contribution is 2.21. The average molecular weight is 363 g/mol. The highest BCUT2D eigenvalue weighted by Gasteiger charge is 2.17. The van der Waals surface area contributed by atoms with Gasteiger partial charge in [0.1, 0.15) is 0 Å². The highest BCUT2D eigenvalue weighted by molar-refractivity contribution is 9.11. The van der Waals surface area contributed by atoms with Gasteiger partial charge in [0.05, 0.1) is 11.7 Å². The second-order valence-corrected chi connectivity index (χ2v) is 5.74. The minimum atomic E-state index is -0.0753. The van der Waals surface area contributed by atoms with Gasteiger partial charge in [0, 0.05) is 22.1 Å². The van der Waals surface area contributed by atoms with Crippen LogP contribution in [0.25, 0.3) is 0 Å². The van der Waals surface area contributed by atoms with E-state index < -0.39 is 0 Å². The average Bonchev–Trinajstić information content (AvgIpc) is 2.82. The van der Waals surface area contributed by atoms with Crippen LogP contribution in [0.15, 0.2) is 27.1 Å². The van der Waals surface area contributed by atoms with Crippen LogP contribution in [0.2, 0.25) is 0 Å². The number of halogens is 2. The van der Waals surface area contributed by atoms with Crippen molar-refractivity contribution in [3.63, 3.8) is 0 Å². The molecule has 0 aliphatic carbocycles. The van der Waals surface area contributed by atoms with Gasteiger partial charge in [-0.25, -0.2) is 0 Å². The first-order valence-corrected chi connectivity index (χ1v) is 7.10. The summed E-state index contributed by atoms with van der Waals surface area (Å²) in [4.78, 5) is 12.0. The van der Waals surface area contributed by atoms with Crippen LogP contribution < -0.4 is 5.32 Å². The van der Waals surface area contributed by atoms with Crippen LogP contribution in [-0.4, -0.2) is 25.2 Å². The summed E-state index contributed by atoms with van der Waals surface area (Å²) in [5.74, 6) is -0.0753. The van der Waals surface area contributed by atoms with Crippen molar-refractivity contribution in [2.24, 2.45) is 0 Å². The van der Waals surface area contributed by atoms with E-state index >= 15 is 0 Å². The maximum Gasteiger partial charge on any atom is 0.252 e. The molecule has 2 rings (SSSR count). The molecule has 3 nitrogen and oxygen atoms in total. The molecule has 1 fully saturated rings. The van der Waals surface area contributed by atoms with Gasteiger partial charge in [0.2, 0.25) is 0 Å². The quantitative estimate of drug-likeness (QED) is 0.897. The molecule has 1 saturated heterocycles. The summed E-state index contributed by atoms with van der Waals surface area (Å²) in [5, 5.41) is 2.89. The second-order valence-electron chi connectivity index (χ2n) is 3.97. The van der Waals surface area contributed by atoms with Gasteiger partial charge in [-0.2, -0.15) is 0 Å². The summed E-state index contributed by atoms with van der Waals surface area (Å²) < 4.78 is 7.15. The van der Waals surface area contributed by atoms with E-state index in [1.165, 1.54) is 0 Å². The third-order valence-electron chi connectivity index (χ3n) is 2.69. The van der Waals surface area contributed by atoms with Crippen LogP contribution in [0.5, 0.6) is 0 Å². The number of amides is 1. The molecule has 17 heavy (non-hydrogen) atoms. The van der Waals surface area contributed by atoms with Crippen molar-refractivity contribution in [1.29, 1.82) is 0 Å². The number of ether oxygens (including phenoxy) is 1. The Morgan fingerprint density at radius 1 is 1.47 bits per heavy atom. The van der Waals surface area contributed by atoms with Crippen molar-refractivity contribution < 1.29 is 9.53 Å². The zero-order chi connectivity index (χ0) is 12.3. The Morgan fingerprint density at radius 3 is 3.00 bits per heavy atom. The molecule has 1 heterocycles. The summed E-state index contributed by atoms with van der Waals surface area (Å²) in [6, 6.07) is 5.54. The van der Waals surface area contributed by atoms with E-state index in [0.717, 1.165) is 28.4 Å². The predicted octanol–water partition coefficient (Wildman–Crippen LogP) is 3.12. The van der Waals surface area contributed by atoms with E-state index in [9.17, 15) is 4.79 Å². The van der Waals surface area contributed by atoms with Crippen molar-refractivity contribution in [3.05, 3.63) is 32.7 Å². The van der Waals surface area contributed by atoms with E-state index in [1.807, 2.05) is 12.1 Å². The zero-order valence-corrected chi connectivity index (χ0v) is 12.4. The Labute approximate surface area is 117 Å². The normalized spacial score (nSPS) is 19.3. The number of hydrogen-bond donors (Lipinski definition) is 1. The molecule has 1 aromatic carbocycles. The van der Waals surface area contributed by atoms with Crippen LogP contribution in [0.3, 0.4) is 0 Å². The first-order chi connectivity index (χ1) is 8.16. The summed E-state index contributed by atoms with van der Waals surface area (Å²) in [6.45, 7) is 1.39. The number of nitrogens with one attached hydrogen (secondary N) is 1. The lowest BCUT2D eigenvalue weighted by Gasteiger charge is -2.11. The second kappa shape index (κ2) is 5.98. The molecule has 0 bridgehead atoms. The molecule has 1 amide bonds. The lowest BCUT2D eigenvalue weighted by Crippen LogP contribution is -2.31. The standard InChI is InChI=1S/C12H13Br2NO2/c13-8-3-4-11(14)10(6-8)12(16)15-7-9-2-1-5-17-9/h3-4,6,9H,1-2,5,7H2,(H,15,16)/t9-/m0/s1. The van der Waals surface area contributed by atoms with Gasteiger partial charge in [-0.15, -0.1) is 0 Å². The van der Waals surface area contributed by atoms with E-state index in [0.29, 0.717) is 12.1 Å². The number of rotatable bonds is 3. The van der Waals surface area contributed by atoms with Gasteiger partial charge in [-0.05, 0) is 47.0 Å². The number of hydrogen-bond acceptors (Lipinski definition) is 2. The Kier molecular flexibility index (Phi) is 4.59. The van der Waals surface area contributed by atoms with Crippen LogP contribution in [0, 0.1) is 0 Å². The molecule has 92 valence electrons. The number of carbonyl (C=O) groups excluding carboxylic acids is 1. The summed E-state index contributed by atoms with van der Waals surface area (Å²) in [6.07, 6.45) is 2.28. The molecule has 5 heteroatoms. The minimum Gasteiger partial charge on any atom is -0.376 e. The molecule has 0 unspecified atom stereocenters. The van der Waals surface area contributed by atoms with Crippen molar-refractivity contribution in [2.45, 2.75) is 18.9 Å². The Balaban J connectivity index is 1.96. The fraction of sp³-hybridized carbons (Fsp3) is 0.417. The highest BCUT2D eigenvalue weighted by atomic mass is 79.9. The van der Waals surface area contributed by atoms with Crippen molar-refractivity contribution in [3.8, 4) is 0 Å². The first kappa shape index (κ1) is 13.1. The van der Waals surface area contributed by atoms with Crippen molar-refractivity contribution >= 4 is 37.8 Å². The molecule has 1 aromatic rings. The molecule has 1 atom stereocenters. The molecule has 0 radical (unpaired) electrons. The smallest absolute Gasteiger partial charge is 0.252 e. The van der Waals surface area contributed by atoms with E-state index in [-0.39, 0.29) is 12.0 Å². The summed E-state index contributed by atoms with van der Waals surface area (Å²) in [7, 11) is 0. The van der Waals surface area contributed by atoms with Crippen molar-refractivity contribution in [2.75, 3.05) is 13.2 Å². The van der Waals surface area contributed by atoms with Gasteiger partial charge in [-0.3, -0.25) is 4.79 Å². The minimum absolute atomic E-state index is 0.0753. The molecule has 0 spiro atoms. The third kappa shape index (κ3) is 3.53. The van der Waals surface area contributed by atoms with Gasteiger partial charge in [0.15, 0.2) is 0 Å². The van der Waals surface area contributed by atoms with Gasteiger partial charge in [0.25, 0.3) is 5.91 Å². The monoisotopic (exact) mass is 361 g/mol. The molecule has 1 aliphatic heterocycles. The SMILES string of the molecule is O=C(NC[C@@H]1CCCO1)c1cc(Br)ccc1Br. The van der Waals surface area contributed by atoms with E-state index in [2.05, 4.69) is 37.2 Å². The van der Waals surface area contributed by atoms with Gasteiger partial charge in [-0.1, -0.05) is 15.9 Å². The zero-order valence-electron chi connectivity index (χ0n) is 9.21. The van der Waals surface area contributed by atoms with Crippen LogP contribution in [0.4, 0.5) is 0 Å². The molecule has 0 saturated carbocycles. The summed E-state index contributed by atoms with van der Waals surface area (Å²) in [5.41, 5.74) is 0.636. The molecule has 0 aromatic heterocycles. The number of carbonyl (C=O) groups is 1. The third-order valence-corrected chi connectivity index (χ3v) is 3.87. The van der Waals surface area contributed by atoms with Crippen LogP contribution >= 0.6 is 31.9 Å². The first-order valence-electron chi connectivity index (χ1n) is 5.51. The summed E-state index contributed by atoms with van der Waals surface area (Å²) >= 11 is 6.73. The van der Waals surface area contributed by atoms with Crippen LogP contribution in [0.1, 0.15) is 23.2 Å². The lowest BCUT2D eigenvalue weighted by molar-refractivity contribution is 0.0857. The van der Waals surface area contributed by atoms with Crippen molar-refractivity contribution in [1.82, 2.24) is 5.32 Å². The predicted molar refractivity (Wildman–Crippen MR) is 73.1 cm³/mol. The maximum absolute atomic E-state index is 12.0. The maximum atomic E-state index is 12.0. The molecular formula is C12H13Br2NO2. The van der Waals surface area contributed by atoms with Gasteiger partial charge >= 0.3 is 0 Å². The largest absolute Gasteiger partial charge is 0.376 e. The topological polar surface area (TPSA) is 38.3 Å². The number of benzene rings is 1. The Hall–Kier alpha value is -0.390. The lowest BCUT2D eigenvalue weighted by atomic mass is 10.2. The Morgan fingerprint density at radius 2 is 2.29 bits per heavy atom. The molecule has 1 aliphatic rings. The fourth-order valence-electron chi connectivity index (χ4n) is 1.78. The molecular weight excluding hydrogens is 350 g/mol. The molecule has 1 N–H and O–H groups in total. The fourth-order valence-corrected chi connectivity index (χ4v) is 2.57. The van der Waals surface area contributed by atoms with E-state index in [1.54, 1.807) is 6.07 Å². The van der Waals surface area contributed by atoms with Crippen LogP contribution in [-0.2, 0) is 4.74 Å². The Bertz CT molecular complexity index is 417. The van der Waals surface area contributed by atoms with Gasteiger partial charge < -0.3 is 10.1 Å². The van der Waals surface area contributed by atoms with E-state index in [4.69, 9.17) is 4.74 Å².